The number of ether oxygens (including phenoxy) is 2. The average Bonchev–Trinajstić information content (AvgIpc) is 3.06. The number of nitrogens with zero attached hydrogens (tertiary/aromatic N) is 2. The number of fused-ring (bicyclic) bond motifs is 1. The Labute approximate surface area is 290 Å². The van der Waals surface area contributed by atoms with Gasteiger partial charge in [0.1, 0.15) is 5.75 Å². The Bertz CT molecular complexity index is 1470. The number of benzene rings is 2. The fourth-order valence-corrected chi connectivity index (χ4v) is 7.34. The van der Waals surface area contributed by atoms with Crippen LogP contribution < -0.4 is 14.8 Å². The van der Waals surface area contributed by atoms with E-state index in [9.17, 15) is 23.1 Å². The van der Waals surface area contributed by atoms with E-state index in [-0.39, 0.29) is 59.5 Å². The minimum absolute atomic E-state index is 0.0240. The summed E-state index contributed by atoms with van der Waals surface area (Å²) in [5, 5.41) is 13.8. The largest absolute Gasteiger partial charge is 0.490 e. The molecule has 0 radical (unpaired) electrons. The van der Waals surface area contributed by atoms with Crippen molar-refractivity contribution in [2.24, 2.45) is 5.92 Å². The van der Waals surface area contributed by atoms with Crippen molar-refractivity contribution in [3.8, 4) is 5.75 Å². The molecule has 2 aromatic carbocycles. The third-order valence-corrected chi connectivity index (χ3v) is 10.8. The van der Waals surface area contributed by atoms with Gasteiger partial charge >= 0.3 is 6.03 Å². The van der Waals surface area contributed by atoms with E-state index in [1.807, 2.05) is 13.8 Å². The molecule has 0 bridgehead atoms. The zero-order valence-corrected chi connectivity index (χ0v) is 30.1. The van der Waals surface area contributed by atoms with Gasteiger partial charge < -0.3 is 29.7 Å². The predicted octanol–water partition coefficient (Wildman–Crippen LogP) is 5.91. The second-order valence-corrected chi connectivity index (χ2v) is 15.4. The van der Waals surface area contributed by atoms with Crippen LogP contribution in [-0.2, 0) is 14.8 Å². The molecular weight excluding hydrogens is 656 g/mol. The highest BCUT2D eigenvalue weighted by Gasteiger charge is 2.31. The van der Waals surface area contributed by atoms with Gasteiger partial charge in [-0.25, -0.2) is 13.2 Å². The van der Waals surface area contributed by atoms with Gasteiger partial charge in [0.15, 0.2) is 0 Å². The van der Waals surface area contributed by atoms with Crippen LogP contribution in [0.3, 0.4) is 0 Å². The maximum Gasteiger partial charge on any atom is 0.317 e. The minimum atomic E-state index is -3.98. The zero-order chi connectivity index (χ0) is 34.8. The van der Waals surface area contributed by atoms with Crippen LogP contribution in [-0.4, -0.2) is 92.9 Å². The molecule has 1 aliphatic heterocycles. The summed E-state index contributed by atoms with van der Waals surface area (Å²) >= 11 is 5.95. The monoisotopic (exact) mass is 706 g/mol. The number of aliphatic hydroxyl groups excluding tert-OH is 1. The van der Waals surface area contributed by atoms with E-state index in [0.29, 0.717) is 30.3 Å². The fourth-order valence-electron chi connectivity index (χ4n) is 6.16. The molecular formula is C35H51ClN4O7S. The molecule has 13 heteroatoms. The summed E-state index contributed by atoms with van der Waals surface area (Å²) in [4.78, 5) is 30.7. The molecule has 0 spiro atoms. The third-order valence-electron chi connectivity index (χ3n) is 9.16. The molecule has 0 unspecified atom stereocenters. The van der Waals surface area contributed by atoms with Crippen molar-refractivity contribution in [2.45, 2.75) is 101 Å². The SMILES string of the molecule is C[C@H](CO)N1C[C@H](C)[C@H](CN(C)C(=O)NC2CCCCC2)OCCCC[C@H](C)Oc2ccc(NS(=O)(=O)c3ccc(Cl)cc3)cc2C1=O. The number of carbonyl (C=O) groups excluding carboxylic acids is 2. The van der Waals surface area contributed by atoms with Crippen LogP contribution in [0.1, 0.15) is 82.5 Å². The van der Waals surface area contributed by atoms with Gasteiger partial charge in [-0.15, -0.1) is 0 Å². The van der Waals surface area contributed by atoms with Crippen molar-refractivity contribution in [3.05, 3.63) is 53.1 Å². The molecule has 0 aromatic heterocycles. The van der Waals surface area contributed by atoms with Gasteiger partial charge in [-0.2, -0.15) is 0 Å². The molecule has 266 valence electrons. The maximum atomic E-state index is 14.4. The minimum Gasteiger partial charge on any atom is -0.490 e. The molecule has 3 amide bonds. The van der Waals surface area contributed by atoms with Gasteiger partial charge in [0.2, 0.25) is 0 Å². The van der Waals surface area contributed by atoms with E-state index in [4.69, 9.17) is 21.1 Å². The molecule has 1 saturated carbocycles. The Morgan fingerprint density at radius 3 is 2.44 bits per heavy atom. The average molecular weight is 707 g/mol. The lowest BCUT2D eigenvalue weighted by atomic mass is 9.96. The molecule has 0 saturated heterocycles. The number of nitrogens with one attached hydrogen (secondary N) is 2. The summed E-state index contributed by atoms with van der Waals surface area (Å²) in [5.74, 6) is -0.309. The highest BCUT2D eigenvalue weighted by atomic mass is 35.5. The van der Waals surface area contributed by atoms with Gasteiger partial charge in [-0.1, -0.05) is 37.8 Å². The van der Waals surface area contributed by atoms with E-state index in [1.165, 1.54) is 36.8 Å². The van der Waals surface area contributed by atoms with E-state index in [1.54, 1.807) is 35.9 Å². The smallest absolute Gasteiger partial charge is 0.317 e. The first-order valence-corrected chi connectivity index (χ1v) is 18.9. The lowest BCUT2D eigenvalue weighted by Gasteiger charge is -2.36. The van der Waals surface area contributed by atoms with Crippen molar-refractivity contribution in [1.29, 1.82) is 0 Å². The summed E-state index contributed by atoms with van der Waals surface area (Å²) < 4.78 is 41.6. The van der Waals surface area contributed by atoms with Crippen LogP contribution >= 0.6 is 11.6 Å². The topological polar surface area (TPSA) is 138 Å². The van der Waals surface area contributed by atoms with Crippen LogP contribution in [0.25, 0.3) is 0 Å². The third kappa shape index (κ3) is 10.5. The van der Waals surface area contributed by atoms with Crippen molar-refractivity contribution < 1.29 is 32.6 Å². The lowest BCUT2D eigenvalue weighted by Crippen LogP contribution is -2.50. The highest BCUT2D eigenvalue weighted by Crippen LogP contribution is 2.30. The van der Waals surface area contributed by atoms with Crippen molar-refractivity contribution in [1.82, 2.24) is 15.1 Å². The van der Waals surface area contributed by atoms with Gasteiger partial charge in [0.05, 0.1) is 35.3 Å². The van der Waals surface area contributed by atoms with Crippen LogP contribution in [0.2, 0.25) is 5.02 Å². The molecule has 3 N–H and O–H groups in total. The van der Waals surface area contributed by atoms with Crippen molar-refractivity contribution >= 4 is 39.2 Å². The van der Waals surface area contributed by atoms with Crippen molar-refractivity contribution in [3.63, 3.8) is 0 Å². The van der Waals surface area contributed by atoms with Crippen LogP contribution in [0, 0.1) is 5.92 Å². The molecule has 2 aromatic rings. The molecule has 1 heterocycles. The number of hydrogen-bond donors (Lipinski definition) is 3. The van der Waals surface area contributed by atoms with E-state index in [0.717, 1.165) is 38.5 Å². The summed E-state index contributed by atoms with van der Waals surface area (Å²) in [6.07, 6.45) is 7.14. The summed E-state index contributed by atoms with van der Waals surface area (Å²) in [6.45, 7) is 6.42. The Balaban J connectivity index is 1.61. The maximum absolute atomic E-state index is 14.4. The Morgan fingerprint density at radius 2 is 1.75 bits per heavy atom. The number of aliphatic hydroxyl groups is 1. The molecule has 4 rings (SSSR count). The number of sulfonamides is 1. The first kappa shape index (κ1) is 37.8. The number of likely N-dealkylation sites (N-methyl/N-ethyl adjacent to an activating group) is 1. The predicted molar refractivity (Wildman–Crippen MR) is 187 cm³/mol. The molecule has 2 aliphatic rings. The molecule has 11 nitrogen and oxygen atoms in total. The first-order valence-electron chi connectivity index (χ1n) is 17.0. The first-order chi connectivity index (χ1) is 22.9. The Morgan fingerprint density at radius 1 is 1.06 bits per heavy atom. The van der Waals surface area contributed by atoms with E-state index in [2.05, 4.69) is 10.0 Å². The number of urea groups is 1. The number of halogens is 1. The lowest BCUT2D eigenvalue weighted by molar-refractivity contribution is -0.0123. The number of anilines is 1. The van der Waals surface area contributed by atoms with Gasteiger partial charge in [0, 0.05) is 49.4 Å². The fraction of sp³-hybridized carbons (Fsp3) is 0.600. The number of amides is 3. The van der Waals surface area contributed by atoms with Gasteiger partial charge in [0.25, 0.3) is 15.9 Å². The summed E-state index contributed by atoms with van der Waals surface area (Å²) in [5.41, 5.74) is 0.357. The molecule has 1 fully saturated rings. The summed E-state index contributed by atoms with van der Waals surface area (Å²) in [6, 6.07) is 9.91. The second-order valence-electron chi connectivity index (χ2n) is 13.2. The van der Waals surface area contributed by atoms with Crippen molar-refractivity contribution in [2.75, 3.05) is 38.1 Å². The zero-order valence-electron chi connectivity index (χ0n) is 28.5. The number of rotatable bonds is 8. The van der Waals surface area contributed by atoms with E-state index < -0.39 is 22.0 Å². The van der Waals surface area contributed by atoms with Crippen LogP contribution in [0.4, 0.5) is 10.5 Å². The Kier molecular flexibility index (Phi) is 13.8. The summed E-state index contributed by atoms with van der Waals surface area (Å²) in [7, 11) is -2.22. The highest BCUT2D eigenvalue weighted by molar-refractivity contribution is 7.92. The number of hydrogen-bond acceptors (Lipinski definition) is 7. The molecule has 1 aliphatic carbocycles. The Hall–Kier alpha value is -3.06. The molecule has 4 atom stereocenters. The van der Waals surface area contributed by atoms with Crippen LogP contribution in [0.15, 0.2) is 47.4 Å². The quantitative estimate of drug-likeness (QED) is 0.310. The van der Waals surface area contributed by atoms with Gasteiger partial charge in [-0.05, 0) is 88.4 Å². The molecule has 48 heavy (non-hydrogen) atoms. The van der Waals surface area contributed by atoms with Gasteiger partial charge in [-0.3, -0.25) is 9.52 Å². The van der Waals surface area contributed by atoms with Crippen LogP contribution in [0.5, 0.6) is 5.75 Å². The number of carbonyl (C=O) groups is 2. The van der Waals surface area contributed by atoms with E-state index >= 15 is 0 Å². The normalized spacial score (nSPS) is 22.5. The second kappa shape index (κ2) is 17.6. The standard InChI is InChI=1S/C35H51ClN4O7S/c1-24-21-40(25(2)23-41)34(42)31-20-29(38-48(44,45)30-16-13-27(36)14-17-30)15-18-32(31)47-26(3)10-8-9-19-46-33(24)22-39(4)35(43)37-28-11-6-5-7-12-28/h13-18,20,24-26,28,33,38,41H,5-12,19,21-23H2,1-4H3,(H,37,43)/t24-,25+,26-,33-/m0/s1.